The van der Waals surface area contributed by atoms with Crippen molar-refractivity contribution >= 4 is 5.91 Å². The molecule has 0 radical (unpaired) electrons. The SMILES string of the molecule is CC(C)(NC(=O)C1(C#N)CCC1)C1CC1. The van der Waals surface area contributed by atoms with E-state index in [0.717, 1.165) is 19.3 Å². The molecule has 2 rings (SSSR count). The molecule has 2 fully saturated rings. The summed E-state index contributed by atoms with van der Waals surface area (Å²) in [5.74, 6) is 0.561. The first-order valence-electron chi connectivity index (χ1n) is 5.74. The van der Waals surface area contributed by atoms with Crippen molar-refractivity contribution in [2.45, 2.75) is 51.5 Å². The largest absolute Gasteiger partial charge is 0.350 e. The van der Waals surface area contributed by atoms with Gasteiger partial charge in [0.05, 0.1) is 6.07 Å². The van der Waals surface area contributed by atoms with Gasteiger partial charge in [0.1, 0.15) is 5.41 Å². The number of rotatable bonds is 3. The quantitative estimate of drug-likeness (QED) is 0.767. The van der Waals surface area contributed by atoms with Gasteiger partial charge >= 0.3 is 0 Å². The Labute approximate surface area is 90.8 Å². The zero-order valence-electron chi connectivity index (χ0n) is 9.47. The number of carbonyl (C=O) groups excluding carboxylic acids is 1. The molecule has 0 unspecified atom stereocenters. The molecule has 0 aliphatic heterocycles. The summed E-state index contributed by atoms with van der Waals surface area (Å²) in [5, 5.41) is 12.1. The Kier molecular flexibility index (Phi) is 2.26. The molecule has 3 heteroatoms. The Hall–Kier alpha value is -1.04. The zero-order chi connectivity index (χ0) is 11.1. The maximum atomic E-state index is 12.0. The predicted octanol–water partition coefficient (Wildman–Crippen LogP) is 1.99. The van der Waals surface area contributed by atoms with Crippen LogP contribution in [0.1, 0.15) is 46.0 Å². The molecular formula is C12H18N2O. The maximum absolute atomic E-state index is 12.0. The number of amides is 1. The third kappa shape index (κ3) is 1.73. The summed E-state index contributed by atoms with van der Waals surface area (Å²) in [7, 11) is 0. The number of hydrogen-bond acceptors (Lipinski definition) is 2. The molecule has 2 saturated carbocycles. The van der Waals surface area contributed by atoms with E-state index in [4.69, 9.17) is 5.26 Å². The van der Waals surface area contributed by atoms with Gasteiger partial charge in [-0.1, -0.05) is 0 Å². The van der Waals surface area contributed by atoms with Crippen LogP contribution in [-0.2, 0) is 4.79 Å². The lowest BCUT2D eigenvalue weighted by molar-refractivity contribution is -0.133. The fraction of sp³-hybridized carbons (Fsp3) is 0.833. The van der Waals surface area contributed by atoms with Crippen LogP contribution >= 0.6 is 0 Å². The second-order valence-electron chi connectivity index (χ2n) is 5.50. The highest BCUT2D eigenvalue weighted by molar-refractivity contribution is 5.87. The Balaban J connectivity index is 2.00. The zero-order valence-corrected chi connectivity index (χ0v) is 9.47. The normalized spacial score (nSPS) is 23.8. The molecule has 0 saturated heterocycles. The molecule has 1 amide bonds. The first kappa shape index (κ1) is 10.5. The van der Waals surface area contributed by atoms with E-state index in [2.05, 4.69) is 25.2 Å². The molecule has 0 bridgehead atoms. The van der Waals surface area contributed by atoms with Gasteiger partial charge < -0.3 is 5.32 Å². The molecule has 2 aliphatic rings. The van der Waals surface area contributed by atoms with Crippen molar-refractivity contribution in [2.24, 2.45) is 11.3 Å². The minimum absolute atomic E-state index is 0.0480. The van der Waals surface area contributed by atoms with Crippen LogP contribution in [0.3, 0.4) is 0 Å². The lowest BCUT2D eigenvalue weighted by Gasteiger charge is -2.37. The van der Waals surface area contributed by atoms with Gasteiger partial charge in [-0.15, -0.1) is 0 Å². The molecular weight excluding hydrogens is 188 g/mol. The van der Waals surface area contributed by atoms with Crippen LogP contribution in [0.5, 0.6) is 0 Å². The lowest BCUT2D eigenvalue weighted by atomic mass is 9.69. The van der Waals surface area contributed by atoms with Crippen LogP contribution < -0.4 is 5.32 Å². The van der Waals surface area contributed by atoms with Gasteiger partial charge in [-0.3, -0.25) is 4.79 Å². The van der Waals surface area contributed by atoms with Crippen molar-refractivity contribution in [1.29, 1.82) is 5.26 Å². The third-order valence-corrected chi connectivity index (χ3v) is 3.89. The smallest absolute Gasteiger partial charge is 0.240 e. The van der Waals surface area contributed by atoms with Gasteiger partial charge in [0.15, 0.2) is 0 Å². The van der Waals surface area contributed by atoms with Crippen molar-refractivity contribution in [2.75, 3.05) is 0 Å². The minimum Gasteiger partial charge on any atom is -0.350 e. The Morgan fingerprint density at radius 2 is 2.07 bits per heavy atom. The van der Waals surface area contributed by atoms with Gasteiger partial charge in [-0.05, 0) is 51.9 Å². The molecule has 1 N–H and O–H groups in total. The summed E-state index contributed by atoms with van der Waals surface area (Å²) in [5.41, 5.74) is -0.831. The molecule has 0 spiro atoms. The van der Waals surface area contributed by atoms with E-state index in [-0.39, 0.29) is 11.4 Å². The number of nitrogens with zero attached hydrogens (tertiary/aromatic N) is 1. The van der Waals surface area contributed by atoms with Crippen LogP contribution in [-0.4, -0.2) is 11.4 Å². The van der Waals surface area contributed by atoms with E-state index in [1.165, 1.54) is 12.8 Å². The van der Waals surface area contributed by atoms with Gasteiger partial charge in [0.2, 0.25) is 5.91 Å². The molecule has 82 valence electrons. The molecule has 2 aliphatic carbocycles. The van der Waals surface area contributed by atoms with E-state index in [9.17, 15) is 4.79 Å². The molecule has 0 atom stereocenters. The standard InChI is InChI=1S/C12H18N2O/c1-11(2,9-4-5-9)14-10(15)12(8-13)6-3-7-12/h9H,3-7H2,1-2H3,(H,14,15). The van der Waals surface area contributed by atoms with Crippen LogP contribution in [0.2, 0.25) is 0 Å². The third-order valence-electron chi connectivity index (χ3n) is 3.89. The Morgan fingerprint density at radius 3 is 2.40 bits per heavy atom. The van der Waals surface area contributed by atoms with E-state index in [1.807, 2.05) is 0 Å². The number of carbonyl (C=O) groups is 1. The van der Waals surface area contributed by atoms with E-state index < -0.39 is 5.41 Å². The van der Waals surface area contributed by atoms with Crippen LogP contribution in [0.15, 0.2) is 0 Å². The van der Waals surface area contributed by atoms with Gasteiger partial charge in [0, 0.05) is 5.54 Å². The minimum atomic E-state index is -0.702. The average molecular weight is 206 g/mol. The highest BCUT2D eigenvalue weighted by Gasteiger charge is 2.48. The monoisotopic (exact) mass is 206 g/mol. The molecule has 0 aromatic rings. The lowest BCUT2D eigenvalue weighted by Crippen LogP contribution is -2.53. The molecule has 0 aromatic carbocycles. The Bertz CT molecular complexity index is 319. The van der Waals surface area contributed by atoms with Crippen LogP contribution in [0, 0.1) is 22.7 Å². The molecule has 3 nitrogen and oxygen atoms in total. The second kappa shape index (κ2) is 3.23. The highest BCUT2D eigenvalue weighted by Crippen LogP contribution is 2.43. The van der Waals surface area contributed by atoms with E-state index in [0.29, 0.717) is 5.92 Å². The van der Waals surface area contributed by atoms with E-state index >= 15 is 0 Å². The molecule has 0 aromatic heterocycles. The van der Waals surface area contributed by atoms with Crippen molar-refractivity contribution in [3.8, 4) is 6.07 Å². The van der Waals surface area contributed by atoms with Crippen molar-refractivity contribution in [1.82, 2.24) is 5.32 Å². The van der Waals surface area contributed by atoms with Crippen molar-refractivity contribution < 1.29 is 4.79 Å². The van der Waals surface area contributed by atoms with Gasteiger partial charge in [-0.25, -0.2) is 0 Å². The summed E-state index contributed by atoms with van der Waals surface area (Å²) in [6, 6.07) is 2.18. The van der Waals surface area contributed by atoms with Crippen molar-refractivity contribution in [3.63, 3.8) is 0 Å². The summed E-state index contributed by atoms with van der Waals surface area (Å²) >= 11 is 0. The summed E-state index contributed by atoms with van der Waals surface area (Å²) in [6.45, 7) is 4.12. The van der Waals surface area contributed by atoms with Crippen LogP contribution in [0.4, 0.5) is 0 Å². The number of nitriles is 1. The average Bonchev–Trinajstić information content (AvgIpc) is 2.83. The van der Waals surface area contributed by atoms with Crippen molar-refractivity contribution in [3.05, 3.63) is 0 Å². The van der Waals surface area contributed by atoms with Crippen LogP contribution in [0.25, 0.3) is 0 Å². The topological polar surface area (TPSA) is 52.9 Å². The number of hydrogen-bond donors (Lipinski definition) is 1. The highest BCUT2D eigenvalue weighted by atomic mass is 16.2. The van der Waals surface area contributed by atoms with Gasteiger partial charge in [-0.2, -0.15) is 5.26 Å². The maximum Gasteiger partial charge on any atom is 0.240 e. The molecule has 0 heterocycles. The fourth-order valence-electron chi connectivity index (χ4n) is 2.24. The first-order chi connectivity index (χ1) is 7.00. The van der Waals surface area contributed by atoms with Gasteiger partial charge in [0.25, 0.3) is 0 Å². The number of nitrogens with one attached hydrogen (secondary N) is 1. The van der Waals surface area contributed by atoms with E-state index in [1.54, 1.807) is 0 Å². The summed E-state index contributed by atoms with van der Waals surface area (Å²) < 4.78 is 0. The Morgan fingerprint density at radius 1 is 1.47 bits per heavy atom. The predicted molar refractivity (Wildman–Crippen MR) is 56.8 cm³/mol. The second-order valence-corrected chi connectivity index (χ2v) is 5.50. The first-order valence-corrected chi connectivity index (χ1v) is 5.74. The summed E-state index contributed by atoms with van der Waals surface area (Å²) in [6.07, 6.45) is 4.87. The fourth-order valence-corrected chi connectivity index (χ4v) is 2.24. The molecule has 15 heavy (non-hydrogen) atoms. The summed E-state index contributed by atoms with van der Waals surface area (Å²) in [4.78, 5) is 12.0.